The third-order valence-electron chi connectivity index (χ3n) is 2.99. The first-order chi connectivity index (χ1) is 9.12. The Hall–Kier alpha value is -1.17. The van der Waals surface area contributed by atoms with Crippen LogP contribution >= 0.6 is 0 Å². The van der Waals surface area contributed by atoms with E-state index >= 15 is 0 Å². The Kier molecular flexibility index (Phi) is 6.77. The van der Waals surface area contributed by atoms with Crippen molar-refractivity contribution in [2.45, 2.75) is 38.1 Å². The molecule has 0 aliphatic heterocycles. The van der Waals surface area contributed by atoms with Gasteiger partial charge < -0.3 is 19.3 Å². The molecule has 0 amide bonds. The van der Waals surface area contributed by atoms with Crippen LogP contribution in [0.2, 0.25) is 0 Å². The standard InChI is InChI=1S/C14H22O5/c1-4-7-19-13(15)6-5-10-8-11(17-2)14(16)12(9-10)18-3/h5-6,8,11-12,14,16H,4,7,9H2,1-3H3. The molecular formula is C14H22O5. The number of methoxy groups -OCH3 is 2. The zero-order valence-electron chi connectivity index (χ0n) is 11.7. The second kappa shape index (κ2) is 8.09. The van der Waals surface area contributed by atoms with Crippen LogP contribution in [0.25, 0.3) is 0 Å². The summed E-state index contributed by atoms with van der Waals surface area (Å²) >= 11 is 0. The van der Waals surface area contributed by atoms with Crippen LogP contribution in [-0.4, -0.2) is 50.2 Å². The van der Waals surface area contributed by atoms with Gasteiger partial charge in [0.15, 0.2) is 0 Å². The predicted molar refractivity (Wildman–Crippen MR) is 70.7 cm³/mol. The van der Waals surface area contributed by atoms with Gasteiger partial charge in [-0.15, -0.1) is 0 Å². The van der Waals surface area contributed by atoms with Gasteiger partial charge in [0.05, 0.1) is 12.7 Å². The molecule has 108 valence electrons. The van der Waals surface area contributed by atoms with Gasteiger partial charge >= 0.3 is 5.97 Å². The SMILES string of the molecule is CCCOC(=O)C=CC1=CC(OC)C(O)C(OC)C1. The number of esters is 1. The van der Waals surface area contributed by atoms with Crippen LogP contribution in [0, 0.1) is 0 Å². The van der Waals surface area contributed by atoms with Crippen LogP contribution in [0.5, 0.6) is 0 Å². The van der Waals surface area contributed by atoms with Crippen molar-refractivity contribution in [3.8, 4) is 0 Å². The molecule has 1 N–H and O–H groups in total. The predicted octanol–water partition coefficient (Wildman–Crippen LogP) is 1.22. The number of hydrogen-bond acceptors (Lipinski definition) is 5. The Morgan fingerprint density at radius 3 is 2.79 bits per heavy atom. The van der Waals surface area contributed by atoms with E-state index in [0.29, 0.717) is 13.0 Å². The molecule has 0 heterocycles. The fourth-order valence-corrected chi connectivity index (χ4v) is 1.92. The number of carbonyl (C=O) groups is 1. The Balaban J connectivity index is 2.66. The molecule has 1 aliphatic carbocycles. The lowest BCUT2D eigenvalue weighted by atomic mass is 9.91. The van der Waals surface area contributed by atoms with Crippen molar-refractivity contribution in [1.29, 1.82) is 0 Å². The van der Waals surface area contributed by atoms with Crippen molar-refractivity contribution in [1.82, 2.24) is 0 Å². The van der Waals surface area contributed by atoms with Gasteiger partial charge in [0, 0.05) is 26.7 Å². The quantitative estimate of drug-likeness (QED) is 0.580. The van der Waals surface area contributed by atoms with E-state index in [-0.39, 0.29) is 12.1 Å². The van der Waals surface area contributed by atoms with E-state index in [1.807, 2.05) is 6.92 Å². The third-order valence-corrected chi connectivity index (χ3v) is 2.99. The molecule has 0 fully saturated rings. The van der Waals surface area contributed by atoms with Gasteiger partial charge in [0.1, 0.15) is 12.2 Å². The number of allylic oxidation sites excluding steroid dienone is 1. The van der Waals surface area contributed by atoms with E-state index in [2.05, 4.69) is 0 Å². The smallest absolute Gasteiger partial charge is 0.330 e. The lowest BCUT2D eigenvalue weighted by Crippen LogP contribution is -2.41. The van der Waals surface area contributed by atoms with E-state index in [9.17, 15) is 9.90 Å². The topological polar surface area (TPSA) is 65.0 Å². The van der Waals surface area contributed by atoms with Gasteiger partial charge in [-0.1, -0.05) is 13.0 Å². The highest BCUT2D eigenvalue weighted by Gasteiger charge is 2.31. The van der Waals surface area contributed by atoms with Crippen LogP contribution < -0.4 is 0 Å². The molecule has 5 nitrogen and oxygen atoms in total. The zero-order chi connectivity index (χ0) is 14.3. The molecular weight excluding hydrogens is 248 g/mol. The Labute approximate surface area is 113 Å². The molecule has 0 bridgehead atoms. The second-order valence-corrected chi connectivity index (χ2v) is 4.41. The number of hydrogen-bond donors (Lipinski definition) is 1. The van der Waals surface area contributed by atoms with Crippen LogP contribution in [-0.2, 0) is 19.0 Å². The van der Waals surface area contributed by atoms with Gasteiger partial charge in [-0.2, -0.15) is 0 Å². The highest BCUT2D eigenvalue weighted by atomic mass is 16.5. The molecule has 0 aromatic heterocycles. The number of rotatable bonds is 6. The molecule has 0 spiro atoms. The van der Waals surface area contributed by atoms with Crippen molar-refractivity contribution in [2.75, 3.05) is 20.8 Å². The van der Waals surface area contributed by atoms with E-state index < -0.39 is 12.2 Å². The highest BCUT2D eigenvalue weighted by molar-refractivity contribution is 5.82. The lowest BCUT2D eigenvalue weighted by Gasteiger charge is -2.31. The average molecular weight is 270 g/mol. The summed E-state index contributed by atoms with van der Waals surface area (Å²) in [5.74, 6) is -0.364. The lowest BCUT2D eigenvalue weighted by molar-refractivity contribution is -0.137. The summed E-state index contributed by atoms with van der Waals surface area (Å²) < 4.78 is 15.3. The van der Waals surface area contributed by atoms with E-state index in [1.54, 1.807) is 19.3 Å². The summed E-state index contributed by atoms with van der Waals surface area (Å²) in [6.07, 6.45) is 4.75. The Morgan fingerprint density at radius 1 is 1.47 bits per heavy atom. The molecule has 1 rings (SSSR count). The fourth-order valence-electron chi connectivity index (χ4n) is 1.92. The molecule has 3 unspecified atom stereocenters. The normalized spacial score (nSPS) is 27.4. The van der Waals surface area contributed by atoms with Crippen LogP contribution in [0.4, 0.5) is 0 Å². The van der Waals surface area contributed by atoms with Crippen molar-refractivity contribution >= 4 is 5.97 Å². The molecule has 0 aromatic rings. The molecule has 0 radical (unpaired) electrons. The average Bonchev–Trinajstić information content (AvgIpc) is 2.43. The summed E-state index contributed by atoms with van der Waals surface area (Å²) in [5, 5.41) is 9.93. The Bertz CT molecular complexity index is 348. The van der Waals surface area contributed by atoms with E-state index in [0.717, 1.165) is 12.0 Å². The van der Waals surface area contributed by atoms with Crippen molar-refractivity contribution in [2.24, 2.45) is 0 Å². The monoisotopic (exact) mass is 270 g/mol. The summed E-state index contributed by atoms with van der Waals surface area (Å²) in [4.78, 5) is 11.4. The maximum atomic E-state index is 11.4. The summed E-state index contributed by atoms with van der Waals surface area (Å²) in [5.41, 5.74) is 0.887. The largest absolute Gasteiger partial charge is 0.463 e. The van der Waals surface area contributed by atoms with Crippen LogP contribution in [0.3, 0.4) is 0 Å². The maximum Gasteiger partial charge on any atom is 0.330 e. The fraction of sp³-hybridized carbons (Fsp3) is 0.643. The van der Waals surface area contributed by atoms with Crippen molar-refractivity contribution < 1.29 is 24.1 Å². The van der Waals surface area contributed by atoms with Gasteiger partial charge in [0.25, 0.3) is 0 Å². The number of aliphatic hydroxyl groups excluding tert-OH is 1. The van der Waals surface area contributed by atoms with Gasteiger partial charge in [0.2, 0.25) is 0 Å². The van der Waals surface area contributed by atoms with Crippen molar-refractivity contribution in [3.63, 3.8) is 0 Å². The second-order valence-electron chi connectivity index (χ2n) is 4.41. The molecule has 0 aromatic carbocycles. The summed E-state index contributed by atoms with van der Waals surface area (Å²) in [6, 6.07) is 0. The maximum absolute atomic E-state index is 11.4. The number of aliphatic hydroxyl groups is 1. The highest BCUT2D eigenvalue weighted by Crippen LogP contribution is 2.24. The van der Waals surface area contributed by atoms with Crippen LogP contribution in [0.15, 0.2) is 23.8 Å². The van der Waals surface area contributed by atoms with E-state index in [1.165, 1.54) is 13.2 Å². The van der Waals surface area contributed by atoms with Gasteiger partial charge in [-0.05, 0) is 18.1 Å². The minimum absolute atomic E-state index is 0.332. The van der Waals surface area contributed by atoms with Gasteiger partial charge in [-0.3, -0.25) is 0 Å². The molecule has 1 aliphatic rings. The first-order valence-corrected chi connectivity index (χ1v) is 6.41. The molecule has 0 saturated heterocycles. The zero-order valence-corrected chi connectivity index (χ0v) is 11.7. The minimum Gasteiger partial charge on any atom is -0.463 e. The van der Waals surface area contributed by atoms with E-state index in [4.69, 9.17) is 14.2 Å². The van der Waals surface area contributed by atoms with Crippen molar-refractivity contribution in [3.05, 3.63) is 23.8 Å². The first-order valence-electron chi connectivity index (χ1n) is 6.41. The third kappa shape index (κ3) is 4.78. The molecule has 5 heteroatoms. The number of carbonyl (C=O) groups excluding carboxylic acids is 1. The molecule has 3 atom stereocenters. The van der Waals surface area contributed by atoms with Gasteiger partial charge in [-0.25, -0.2) is 4.79 Å². The minimum atomic E-state index is -0.695. The number of ether oxygens (including phenoxy) is 3. The molecule has 19 heavy (non-hydrogen) atoms. The summed E-state index contributed by atoms with van der Waals surface area (Å²) in [6.45, 7) is 2.36. The summed E-state index contributed by atoms with van der Waals surface area (Å²) in [7, 11) is 3.07. The molecule has 0 saturated carbocycles. The van der Waals surface area contributed by atoms with Crippen LogP contribution in [0.1, 0.15) is 19.8 Å². The first kappa shape index (κ1) is 15.9. The Morgan fingerprint density at radius 2 is 2.21 bits per heavy atom.